The molecule has 0 amide bonds. The highest BCUT2D eigenvalue weighted by molar-refractivity contribution is 5.75. The third-order valence-corrected chi connectivity index (χ3v) is 5.59. The van der Waals surface area contributed by atoms with Crippen LogP contribution in [-0.2, 0) is 11.3 Å². The molecule has 6 nitrogen and oxygen atoms in total. The van der Waals surface area contributed by atoms with Gasteiger partial charge in [0.15, 0.2) is 0 Å². The number of benzene rings is 1. The molecule has 6 heteroatoms. The lowest BCUT2D eigenvalue weighted by Crippen LogP contribution is -2.30. The number of rotatable bonds is 7. The first-order chi connectivity index (χ1) is 13.3. The van der Waals surface area contributed by atoms with Crippen molar-refractivity contribution in [3.8, 4) is 5.75 Å². The van der Waals surface area contributed by atoms with E-state index < -0.39 is 5.97 Å². The number of ether oxygens (including phenoxy) is 1. The first-order valence-electron chi connectivity index (χ1n) is 10.2. The van der Waals surface area contributed by atoms with Crippen molar-refractivity contribution in [2.45, 2.75) is 65.5 Å². The molecule has 1 fully saturated rings. The molecule has 152 valence electrons. The summed E-state index contributed by atoms with van der Waals surface area (Å²) in [7, 11) is 0. The number of nitrogens with one attached hydrogen (secondary N) is 1. The molecular weight excluding hydrogens is 354 g/mol. The quantitative estimate of drug-likeness (QED) is 0.696. The second-order valence-electron chi connectivity index (χ2n) is 8.79. The molecular formula is C22H31N3O3. The Labute approximate surface area is 166 Å². The zero-order chi connectivity index (χ0) is 20.1. The van der Waals surface area contributed by atoms with E-state index in [-0.39, 0.29) is 12.5 Å². The van der Waals surface area contributed by atoms with E-state index in [1.807, 2.05) is 18.2 Å². The Morgan fingerprint density at radius 1 is 1.21 bits per heavy atom. The lowest BCUT2D eigenvalue weighted by Gasteiger charge is -2.36. The van der Waals surface area contributed by atoms with Gasteiger partial charge in [0, 0.05) is 19.2 Å². The summed E-state index contributed by atoms with van der Waals surface area (Å²) >= 11 is 0. The summed E-state index contributed by atoms with van der Waals surface area (Å²) in [6.07, 6.45) is 6.76. The third kappa shape index (κ3) is 5.64. The van der Waals surface area contributed by atoms with Crippen LogP contribution in [-0.4, -0.2) is 33.7 Å². The Balaban J connectivity index is 1.56. The van der Waals surface area contributed by atoms with Gasteiger partial charge in [0.1, 0.15) is 5.75 Å². The summed E-state index contributed by atoms with van der Waals surface area (Å²) < 4.78 is 6.22. The van der Waals surface area contributed by atoms with Gasteiger partial charge in [-0.15, -0.1) is 0 Å². The summed E-state index contributed by atoms with van der Waals surface area (Å²) in [5, 5.41) is 11.7. The number of hydrogen-bond donors (Lipinski definition) is 2. The molecule has 2 N–H and O–H groups in total. The van der Waals surface area contributed by atoms with Crippen LogP contribution >= 0.6 is 0 Å². The molecule has 1 saturated carbocycles. The van der Waals surface area contributed by atoms with E-state index >= 15 is 0 Å². The molecule has 0 radical (unpaired) electrons. The van der Waals surface area contributed by atoms with E-state index in [0.29, 0.717) is 18.5 Å². The van der Waals surface area contributed by atoms with Gasteiger partial charge >= 0.3 is 5.97 Å². The number of hydrogen-bond acceptors (Lipinski definition) is 5. The average molecular weight is 386 g/mol. The second-order valence-corrected chi connectivity index (χ2v) is 8.79. The Kier molecular flexibility index (Phi) is 6.50. The Bertz CT molecular complexity index is 808. The predicted molar refractivity (Wildman–Crippen MR) is 109 cm³/mol. The highest BCUT2D eigenvalue weighted by Gasteiger charge is 2.30. The SMILES string of the molecule is CC(C)(C)C1CCC(Oc2ccc3nc(CNCCC(=O)O)cnc3c2)CC1. The van der Waals surface area contributed by atoms with Crippen LogP contribution in [0.5, 0.6) is 5.75 Å². The molecule has 0 bridgehead atoms. The molecule has 28 heavy (non-hydrogen) atoms. The monoisotopic (exact) mass is 385 g/mol. The molecule has 1 heterocycles. The molecule has 3 rings (SSSR count). The highest BCUT2D eigenvalue weighted by Crippen LogP contribution is 2.38. The minimum Gasteiger partial charge on any atom is -0.490 e. The highest BCUT2D eigenvalue weighted by atomic mass is 16.5. The molecule has 0 atom stereocenters. The second kappa shape index (κ2) is 8.86. The number of carboxylic acids is 1. The van der Waals surface area contributed by atoms with Crippen LogP contribution in [0.25, 0.3) is 11.0 Å². The molecule has 2 aromatic rings. The lowest BCUT2D eigenvalue weighted by atomic mass is 9.72. The van der Waals surface area contributed by atoms with Crippen molar-refractivity contribution < 1.29 is 14.6 Å². The molecule has 1 aromatic carbocycles. The topological polar surface area (TPSA) is 84.3 Å². The first kappa shape index (κ1) is 20.5. The van der Waals surface area contributed by atoms with Crippen molar-refractivity contribution >= 4 is 17.0 Å². The van der Waals surface area contributed by atoms with E-state index in [9.17, 15) is 4.79 Å². The maximum absolute atomic E-state index is 10.5. The smallest absolute Gasteiger partial charge is 0.304 e. The van der Waals surface area contributed by atoms with E-state index in [1.54, 1.807) is 6.20 Å². The Morgan fingerprint density at radius 2 is 1.96 bits per heavy atom. The number of carbonyl (C=O) groups is 1. The first-order valence-corrected chi connectivity index (χ1v) is 10.2. The number of nitrogens with zero attached hydrogens (tertiary/aromatic N) is 2. The molecule has 1 aliphatic rings. The fourth-order valence-corrected chi connectivity index (χ4v) is 3.84. The largest absolute Gasteiger partial charge is 0.490 e. The van der Waals surface area contributed by atoms with Crippen LogP contribution in [0.2, 0.25) is 0 Å². The minimum atomic E-state index is -0.809. The van der Waals surface area contributed by atoms with Gasteiger partial charge in [0.25, 0.3) is 0 Å². The van der Waals surface area contributed by atoms with Crippen LogP contribution in [0.15, 0.2) is 24.4 Å². The minimum absolute atomic E-state index is 0.0966. The maximum Gasteiger partial charge on any atom is 0.304 e. The van der Waals surface area contributed by atoms with Crippen LogP contribution in [0.1, 0.15) is 58.6 Å². The maximum atomic E-state index is 10.5. The van der Waals surface area contributed by atoms with Crippen molar-refractivity contribution in [2.75, 3.05) is 6.54 Å². The summed E-state index contributed by atoms with van der Waals surface area (Å²) in [6, 6.07) is 5.87. The molecule has 0 spiro atoms. The number of aliphatic carboxylic acids is 1. The molecule has 0 saturated heterocycles. The van der Waals surface area contributed by atoms with Gasteiger partial charge in [-0.05, 0) is 49.1 Å². The predicted octanol–water partition coefficient (Wildman–Crippen LogP) is 4.18. The lowest BCUT2D eigenvalue weighted by molar-refractivity contribution is -0.136. The summed E-state index contributed by atoms with van der Waals surface area (Å²) in [5.74, 6) is 0.821. The van der Waals surface area contributed by atoms with E-state index in [1.165, 1.54) is 12.8 Å². The fraction of sp³-hybridized carbons (Fsp3) is 0.591. The van der Waals surface area contributed by atoms with Crippen molar-refractivity contribution in [1.29, 1.82) is 0 Å². The van der Waals surface area contributed by atoms with Gasteiger partial charge in [-0.2, -0.15) is 0 Å². The van der Waals surface area contributed by atoms with E-state index in [4.69, 9.17) is 9.84 Å². The number of carboxylic acid groups (broad SMARTS) is 1. The number of fused-ring (bicyclic) bond motifs is 1. The van der Waals surface area contributed by atoms with Crippen LogP contribution < -0.4 is 10.1 Å². The Hall–Kier alpha value is -2.21. The van der Waals surface area contributed by atoms with Gasteiger partial charge in [-0.1, -0.05) is 20.8 Å². The zero-order valence-corrected chi connectivity index (χ0v) is 17.1. The van der Waals surface area contributed by atoms with Gasteiger partial charge < -0.3 is 15.2 Å². The number of aromatic nitrogens is 2. The van der Waals surface area contributed by atoms with Crippen molar-refractivity contribution in [2.24, 2.45) is 11.3 Å². The Morgan fingerprint density at radius 3 is 2.64 bits per heavy atom. The van der Waals surface area contributed by atoms with E-state index in [2.05, 4.69) is 36.1 Å². The standard InChI is InChI=1S/C22H31N3O3/c1-22(2,3)15-4-6-17(7-5-15)28-18-8-9-19-20(12-18)24-14-16(25-19)13-23-11-10-21(26)27/h8-9,12,14-15,17,23H,4-7,10-11,13H2,1-3H3,(H,26,27). The van der Waals surface area contributed by atoms with Crippen molar-refractivity contribution in [1.82, 2.24) is 15.3 Å². The third-order valence-electron chi connectivity index (χ3n) is 5.59. The normalized spacial score (nSPS) is 20.2. The van der Waals surface area contributed by atoms with Gasteiger partial charge in [0.2, 0.25) is 0 Å². The van der Waals surface area contributed by atoms with Gasteiger partial charge in [-0.25, -0.2) is 4.98 Å². The van der Waals surface area contributed by atoms with Crippen LogP contribution in [0, 0.1) is 11.3 Å². The van der Waals surface area contributed by atoms with Crippen LogP contribution in [0.4, 0.5) is 0 Å². The zero-order valence-electron chi connectivity index (χ0n) is 17.1. The molecule has 0 unspecified atom stereocenters. The summed E-state index contributed by atoms with van der Waals surface area (Å²) in [4.78, 5) is 19.6. The van der Waals surface area contributed by atoms with Gasteiger partial charge in [-0.3, -0.25) is 9.78 Å². The fourth-order valence-electron chi connectivity index (χ4n) is 3.84. The molecule has 1 aromatic heterocycles. The summed E-state index contributed by atoms with van der Waals surface area (Å²) in [6.45, 7) is 7.91. The summed E-state index contributed by atoms with van der Waals surface area (Å²) in [5.41, 5.74) is 2.81. The molecule has 1 aliphatic carbocycles. The van der Waals surface area contributed by atoms with E-state index in [0.717, 1.165) is 41.2 Å². The van der Waals surface area contributed by atoms with Gasteiger partial charge in [0.05, 0.1) is 35.4 Å². The van der Waals surface area contributed by atoms with Crippen LogP contribution in [0.3, 0.4) is 0 Å². The average Bonchev–Trinajstić information content (AvgIpc) is 2.65. The molecule has 0 aliphatic heterocycles. The van der Waals surface area contributed by atoms with Crippen molar-refractivity contribution in [3.63, 3.8) is 0 Å². The van der Waals surface area contributed by atoms with Crippen molar-refractivity contribution in [3.05, 3.63) is 30.1 Å².